The number of ether oxygens (including phenoxy) is 2. The number of unbranched alkanes of at least 4 members (excludes halogenated alkanes) is 5. The number of carbonyl (C=O) groups excluding carboxylic acids is 2. The van der Waals surface area contributed by atoms with E-state index in [9.17, 15) is 50.0 Å². The smallest absolute Gasteiger partial charge is 0.691 e. The van der Waals surface area contributed by atoms with Gasteiger partial charge in [-0.05, 0) is 6.42 Å². The Morgan fingerprint density at radius 3 is 2.06 bits per heavy atom. The summed E-state index contributed by atoms with van der Waals surface area (Å²) >= 11 is 0.120. The second-order valence-corrected chi connectivity index (χ2v) is 7.83. The summed E-state index contributed by atoms with van der Waals surface area (Å²) in [5, 5.41) is 12.8. The number of halogens is 8. The van der Waals surface area contributed by atoms with E-state index < -0.39 is 60.8 Å². The Bertz CT molecular complexity index is 617. The first kappa shape index (κ1) is 36.8. The van der Waals surface area contributed by atoms with Gasteiger partial charge >= 0.3 is 65.7 Å². The van der Waals surface area contributed by atoms with E-state index in [1.807, 2.05) is 6.92 Å². The minimum Gasteiger partial charge on any atom is -0.691 e. The van der Waals surface area contributed by atoms with Gasteiger partial charge in [0.2, 0.25) is 0 Å². The molecule has 202 valence electrons. The van der Waals surface area contributed by atoms with Gasteiger partial charge < -0.3 is 14.7 Å². The number of rotatable bonds is 19. The Balaban J connectivity index is 0. The van der Waals surface area contributed by atoms with Crippen molar-refractivity contribution in [1.29, 1.82) is 0 Å². The fraction of sp³-hybridized carbons (Fsp3) is 0.889. The van der Waals surface area contributed by atoms with Crippen LogP contribution >= 0.6 is 12.0 Å². The maximum absolute atomic E-state index is 13.5. The van der Waals surface area contributed by atoms with Crippen LogP contribution in [0.3, 0.4) is 0 Å². The van der Waals surface area contributed by atoms with Crippen molar-refractivity contribution in [3.63, 3.8) is 0 Å². The Kier molecular flexibility index (Phi) is 18.9. The Labute approximate surface area is 222 Å². The van der Waals surface area contributed by atoms with Crippen LogP contribution in [0.4, 0.5) is 35.1 Å². The average molecular weight is 560 g/mol. The predicted molar refractivity (Wildman–Crippen MR) is 98.9 cm³/mol. The number of carbonyl (C=O) groups is 2. The van der Waals surface area contributed by atoms with Crippen molar-refractivity contribution in [2.24, 2.45) is 5.92 Å². The van der Waals surface area contributed by atoms with Gasteiger partial charge in [-0.15, -0.1) is 0 Å². The predicted octanol–water partition coefficient (Wildman–Crippen LogP) is 1.49. The molecule has 0 aromatic carbocycles. The van der Waals surface area contributed by atoms with Gasteiger partial charge in [0, 0.05) is 17.8 Å². The molecule has 0 amide bonds. The quantitative estimate of drug-likeness (QED) is 0.0447. The van der Waals surface area contributed by atoms with E-state index in [4.69, 9.17) is 4.74 Å². The molecule has 0 aliphatic carbocycles. The SMILES string of the molecule is CCCCCCCCOC(=O)CC(CSOO[O-])C(=O)OCC(F)(F)C(F)(F)C(F)(F)C(F)F.[Na+]. The number of hydrogen-bond donors (Lipinski definition) is 0. The molecule has 0 aliphatic heterocycles. The van der Waals surface area contributed by atoms with E-state index in [2.05, 4.69) is 14.1 Å². The van der Waals surface area contributed by atoms with Crippen molar-refractivity contribution in [1.82, 2.24) is 0 Å². The maximum atomic E-state index is 13.5. The molecule has 0 saturated heterocycles. The molecule has 35 heavy (non-hydrogen) atoms. The summed E-state index contributed by atoms with van der Waals surface area (Å²) in [5.41, 5.74) is 0. The third kappa shape index (κ3) is 12.6. The largest absolute Gasteiger partial charge is 1.00 e. The van der Waals surface area contributed by atoms with E-state index in [0.717, 1.165) is 32.1 Å². The van der Waals surface area contributed by atoms with E-state index in [1.165, 1.54) is 0 Å². The topological polar surface area (TPSA) is 94.1 Å². The molecule has 0 N–H and O–H groups in total. The van der Waals surface area contributed by atoms with Gasteiger partial charge in [-0.25, -0.2) is 8.78 Å². The molecule has 0 aromatic heterocycles. The Hall–Kier alpha value is -0.390. The third-order valence-corrected chi connectivity index (χ3v) is 5.09. The van der Waals surface area contributed by atoms with Crippen LogP contribution in [0.25, 0.3) is 0 Å². The second kappa shape index (κ2) is 18.0. The van der Waals surface area contributed by atoms with Gasteiger partial charge in [-0.1, -0.05) is 39.0 Å². The van der Waals surface area contributed by atoms with Crippen LogP contribution < -0.4 is 34.8 Å². The van der Waals surface area contributed by atoms with Crippen LogP contribution in [0.5, 0.6) is 0 Å². The van der Waals surface area contributed by atoms with Crippen LogP contribution in [0.2, 0.25) is 0 Å². The summed E-state index contributed by atoms with van der Waals surface area (Å²) in [6.07, 6.45) is -0.762. The molecule has 0 radical (unpaired) electrons. The monoisotopic (exact) mass is 560 g/mol. The first-order valence-corrected chi connectivity index (χ1v) is 11.0. The first-order chi connectivity index (χ1) is 15.7. The summed E-state index contributed by atoms with van der Waals surface area (Å²) in [5.74, 6) is -24.0. The average Bonchev–Trinajstić information content (AvgIpc) is 2.75. The molecular formula is C18H25F8NaO7S. The molecular weight excluding hydrogens is 535 g/mol. The third-order valence-electron chi connectivity index (χ3n) is 4.40. The van der Waals surface area contributed by atoms with Crippen molar-refractivity contribution in [3.8, 4) is 0 Å². The fourth-order valence-corrected chi connectivity index (χ4v) is 2.93. The van der Waals surface area contributed by atoms with Crippen molar-refractivity contribution in [3.05, 3.63) is 0 Å². The zero-order valence-electron chi connectivity index (χ0n) is 19.0. The van der Waals surface area contributed by atoms with Crippen LogP contribution in [0.1, 0.15) is 51.9 Å². The standard InChI is InChI=1S/C18H26F8O7S.Na/c1-2-3-4-5-6-7-8-30-13(27)9-12(10-34-33-32-29)14(28)31-11-16(21,22)18(25,26)17(23,24)15(19)20;/h12,15,29H,2-11H2,1H3;/q;+1/p-1. The summed E-state index contributed by atoms with van der Waals surface area (Å²) in [6, 6.07) is 0. The van der Waals surface area contributed by atoms with Gasteiger partial charge in [-0.2, -0.15) is 30.7 Å². The number of esters is 2. The molecule has 17 heteroatoms. The van der Waals surface area contributed by atoms with Gasteiger partial charge in [0.1, 0.15) is 0 Å². The second-order valence-electron chi connectivity index (χ2n) is 7.12. The minimum absolute atomic E-state index is 0. The molecule has 0 bridgehead atoms. The molecule has 0 spiro atoms. The summed E-state index contributed by atoms with van der Waals surface area (Å²) < 4.78 is 116. The van der Waals surface area contributed by atoms with E-state index >= 15 is 0 Å². The van der Waals surface area contributed by atoms with Crippen molar-refractivity contribution in [2.45, 2.75) is 76.1 Å². The zero-order chi connectivity index (χ0) is 26.4. The van der Waals surface area contributed by atoms with Crippen LogP contribution in [0.15, 0.2) is 0 Å². The molecule has 0 aromatic rings. The minimum atomic E-state index is -6.56. The molecule has 0 heterocycles. The maximum Gasteiger partial charge on any atom is 1.00 e. The molecule has 7 nitrogen and oxygen atoms in total. The summed E-state index contributed by atoms with van der Waals surface area (Å²) in [7, 11) is 0. The van der Waals surface area contributed by atoms with Crippen molar-refractivity contribution < 1.29 is 98.4 Å². The molecule has 0 aliphatic rings. The van der Waals surface area contributed by atoms with Crippen molar-refractivity contribution in [2.75, 3.05) is 19.0 Å². The van der Waals surface area contributed by atoms with E-state index in [1.54, 1.807) is 0 Å². The van der Waals surface area contributed by atoms with Gasteiger partial charge in [0.25, 0.3) is 0 Å². The van der Waals surface area contributed by atoms with Gasteiger partial charge in [0.05, 0.1) is 18.9 Å². The van der Waals surface area contributed by atoms with Crippen LogP contribution in [-0.2, 0) is 28.4 Å². The summed E-state index contributed by atoms with van der Waals surface area (Å²) in [4.78, 5) is 23.8. The number of alkyl halides is 8. The fourth-order valence-electron chi connectivity index (χ4n) is 2.42. The Morgan fingerprint density at radius 2 is 1.51 bits per heavy atom. The van der Waals surface area contributed by atoms with Gasteiger partial charge in [-0.3, -0.25) is 14.6 Å². The number of hydrogen-bond acceptors (Lipinski definition) is 8. The van der Waals surface area contributed by atoms with E-state index in [-0.39, 0.29) is 48.2 Å². The first-order valence-electron chi connectivity index (χ1n) is 10.1. The van der Waals surface area contributed by atoms with Gasteiger partial charge in [0.15, 0.2) is 6.61 Å². The normalized spacial score (nSPS) is 13.3. The molecule has 0 rings (SSSR count). The Morgan fingerprint density at radius 1 is 0.943 bits per heavy atom. The van der Waals surface area contributed by atoms with E-state index in [0.29, 0.717) is 6.42 Å². The molecule has 1 unspecified atom stereocenters. The van der Waals surface area contributed by atoms with Crippen LogP contribution in [-0.4, -0.2) is 55.1 Å². The molecule has 0 saturated carbocycles. The zero-order valence-corrected chi connectivity index (χ0v) is 21.8. The summed E-state index contributed by atoms with van der Waals surface area (Å²) in [6.45, 7) is -0.692. The molecule has 1 atom stereocenters. The van der Waals surface area contributed by atoms with Crippen LogP contribution in [0, 0.1) is 5.92 Å². The van der Waals surface area contributed by atoms with Crippen molar-refractivity contribution >= 4 is 24.0 Å². The molecule has 0 fully saturated rings.